The van der Waals surface area contributed by atoms with Crippen LogP contribution in [0, 0.1) is 18.6 Å². The molecule has 166 valence electrons. The first kappa shape index (κ1) is 26.0. The lowest BCUT2D eigenvalue weighted by Gasteiger charge is -2.09. The number of halogens is 2. The number of carbonyl (C=O) groups is 1. The summed E-state index contributed by atoms with van der Waals surface area (Å²) in [6, 6.07) is 20.4. The minimum atomic E-state index is -0.290. The average molecular weight is 428 g/mol. The molecule has 3 aromatic carbocycles. The summed E-state index contributed by atoms with van der Waals surface area (Å²) < 4.78 is 28.9. The lowest BCUT2D eigenvalue weighted by molar-refractivity contribution is 0.0600. The predicted octanol–water partition coefficient (Wildman–Crippen LogP) is 6.06. The summed E-state index contributed by atoms with van der Waals surface area (Å²) in [6.45, 7) is 4.86. The smallest absolute Gasteiger partial charge is 0.337 e. The quantitative estimate of drug-likeness (QED) is 0.474. The Morgan fingerprint density at radius 2 is 1.26 bits per heavy atom. The fraction of sp³-hybridized carbons (Fsp3) is 0.269. The first-order valence-corrected chi connectivity index (χ1v) is 10.0. The van der Waals surface area contributed by atoms with Crippen LogP contribution in [0.15, 0.2) is 72.8 Å². The number of hydrogen-bond acceptors (Lipinski definition) is 3. The van der Waals surface area contributed by atoms with Gasteiger partial charge in [0.05, 0.1) is 12.7 Å². The third-order valence-corrected chi connectivity index (χ3v) is 4.21. The fourth-order valence-corrected chi connectivity index (χ4v) is 2.48. The topological polar surface area (TPSA) is 29.5 Å². The number of nitrogens with zero attached hydrogens (tertiary/aromatic N) is 1. The lowest BCUT2D eigenvalue weighted by atomic mass is 10.1. The van der Waals surface area contributed by atoms with Crippen molar-refractivity contribution in [2.45, 2.75) is 26.8 Å². The number of carbonyl (C=O) groups excluding carboxylic acids is 1. The number of methoxy groups -OCH3 is 1. The molecule has 0 saturated carbocycles. The molecule has 0 amide bonds. The molecule has 5 heteroatoms. The van der Waals surface area contributed by atoms with Crippen LogP contribution >= 0.6 is 0 Å². The largest absolute Gasteiger partial charge is 0.465 e. The van der Waals surface area contributed by atoms with E-state index in [9.17, 15) is 13.6 Å². The molecule has 0 aliphatic heterocycles. The van der Waals surface area contributed by atoms with Gasteiger partial charge in [-0.2, -0.15) is 0 Å². The molecule has 0 aromatic heterocycles. The van der Waals surface area contributed by atoms with Gasteiger partial charge in [0.25, 0.3) is 0 Å². The van der Waals surface area contributed by atoms with Gasteiger partial charge in [0.2, 0.25) is 0 Å². The average Bonchev–Trinajstić information content (AvgIpc) is 2.77. The van der Waals surface area contributed by atoms with Crippen molar-refractivity contribution >= 4 is 5.97 Å². The zero-order valence-electron chi connectivity index (χ0n) is 18.9. The molecule has 3 nitrogen and oxygen atoms in total. The summed E-state index contributed by atoms with van der Waals surface area (Å²) in [6.07, 6.45) is 0.972. The van der Waals surface area contributed by atoms with Gasteiger partial charge in [-0.1, -0.05) is 48.9 Å². The van der Waals surface area contributed by atoms with Crippen LogP contribution in [0.4, 0.5) is 8.78 Å². The Bertz CT molecular complexity index is 869. The van der Waals surface area contributed by atoms with E-state index in [0.717, 1.165) is 18.5 Å². The Morgan fingerprint density at radius 3 is 1.65 bits per heavy atom. The van der Waals surface area contributed by atoms with E-state index in [-0.39, 0.29) is 17.6 Å². The SMILES string of the molecule is CCc1ccc(F)cc1.COC(=O)c1ccc(CN(C)C)cc1.Cc1ccc(F)cc1. The molecule has 0 aliphatic carbocycles. The van der Waals surface area contributed by atoms with Gasteiger partial charge in [0.15, 0.2) is 0 Å². The molecule has 31 heavy (non-hydrogen) atoms. The van der Waals surface area contributed by atoms with Gasteiger partial charge in [0.1, 0.15) is 11.6 Å². The monoisotopic (exact) mass is 427 g/mol. The van der Waals surface area contributed by atoms with Crippen molar-refractivity contribution in [1.82, 2.24) is 4.90 Å². The standard InChI is InChI=1S/C11H15NO2.C8H9F.C7H7F/c1-12(2)8-9-4-6-10(7-5-9)11(13)14-3;1-2-7-3-5-8(9)6-4-7;1-6-2-4-7(8)5-3-6/h4-7H,8H2,1-3H3;3-6H,2H2,1H3;2-5H,1H3. The van der Waals surface area contributed by atoms with E-state index in [1.165, 1.54) is 42.5 Å². The predicted molar refractivity (Wildman–Crippen MR) is 122 cm³/mol. The van der Waals surface area contributed by atoms with E-state index in [1.54, 1.807) is 36.4 Å². The number of aryl methyl sites for hydroxylation is 2. The van der Waals surface area contributed by atoms with E-state index >= 15 is 0 Å². The second kappa shape index (κ2) is 14.0. The Balaban J connectivity index is 0.000000245. The second-order valence-corrected chi connectivity index (χ2v) is 7.20. The van der Waals surface area contributed by atoms with Gasteiger partial charge in [0, 0.05) is 6.54 Å². The van der Waals surface area contributed by atoms with Gasteiger partial charge in [-0.05, 0) is 75.0 Å². The Labute approximate surface area is 184 Å². The van der Waals surface area contributed by atoms with Crippen molar-refractivity contribution in [2.75, 3.05) is 21.2 Å². The van der Waals surface area contributed by atoms with Crippen molar-refractivity contribution in [1.29, 1.82) is 0 Å². The number of hydrogen-bond donors (Lipinski definition) is 0. The minimum Gasteiger partial charge on any atom is -0.465 e. The molecule has 3 rings (SSSR count). The highest BCUT2D eigenvalue weighted by Gasteiger charge is 2.04. The fourth-order valence-electron chi connectivity index (χ4n) is 2.48. The number of benzene rings is 3. The first-order chi connectivity index (χ1) is 14.7. The molecule has 0 unspecified atom stereocenters. The zero-order chi connectivity index (χ0) is 23.2. The Kier molecular flexibility index (Phi) is 11.8. The van der Waals surface area contributed by atoms with Gasteiger partial charge in [-0.15, -0.1) is 0 Å². The molecule has 0 spiro atoms. The van der Waals surface area contributed by atoms with Crippen molar-refractivity contribution in [3.05, 3.63) is 107 Å². The molecule has 0 N–H and O–H groups in total. The summed E-state index contributed by atoms with van der Waals surface area (Å²) in [7, 11) is 5.40. The van der Waals surface area contributed by atoms with Crippen molar-refractivity contribution in [3.63, 3.8) is 0 Å². The highest BCUT2D eigenvalue weighted by molar-refractivity contribution is 5.89. The van der Waals surface area contributed by atoms with Crippen molar-refractivity contribution < 1.29 is 18.3 Å². The normalized spacial score (nSPS) is 9.81. The molecule has 0 aliphatic rings. The number of rotatable bonds is 4. The van der Waals surface area contributed by atoms with E-state index in [0.29, 0.717) is 5.56 Å². The molecule has 0 bridgehead atoms. The highest BCUT2D eigenvalue weighted by atomic mass is 19.1. The Hall–Kier alpha value is -3.05. The minimum absolute atomic E-state index is 0.160. The summed E-state index contributed by atoms with van der Waals surface area (Å²) in [4.78, 5) is 13.2. The van der Waals surface area contributed by atoms with E-state index in [2.05, 4.69) is 9.64 Å². The van der Waals surface area contributed by atoms with Crippen LogP contribution in [-0.4, -0.2) is 32.1 Å². The van der Waals surface area contributed by atoms with E-state index < -0.39 is 0 Å². The molecular formula is C26H31F2NO2. The molecule has 3 aromatic rings. The van der Waals surface area contributed by atoms with Gasteiger partial charge in [-0.3, -0.25) is 0 Å². The molecule has 0 radical (unpaired) electrons. The van der Waals surface area contributed by atoms with Gasteiger partial charge >= 0.3 is 5.97 Å². The van der Waals surface area contributed by atoms with Gasteiger partial charge in [-0.25, -0.2) is 13.6 Å². The van der Waals surface area contributed by atoms with Crippen molar-refractivity contribution in [2.24, 2.45) is 0 Å². The first-order valence-electron chi connectivity index (χ1n) is 10.0. The van der Waals surface area contributed by atoms with Crippen LogP contribution in [0.1, 0.15) is 34.0 Å². The third-order valence-electron chi connectivity index (χ3n) is 4.21. The van der Waals surface area contributed by atoms with Crippen LogP contribution in [-0.2, 0) is 17.7 Å². The van der Waals surface area contributed by atoms with Crippen LogP contribution in [0.5, 0.6) is 0 Å². The summed E-state index contributed by atoms with van der Waals surface area (Å²) >= 11 is 0. The van der Waals surface area contributed by atoms with Crippen molar-refractivity contribution in [3.8, 4) is 0 Å². The maximum Gasteiger partial charge on any atom is 0.337 e. The summed E-state index contributed by atoms with van der Waals surface area (Å²) in [5.41, 5.74) is 4.04. The molecule has 0 atom stereocenters. The third kappa shape index (κ3) is 11.1. The lowest BCUT2D eigenvalue weighted by Crippen LogP contribution is -2.10. The summed E-state index contributed by atoms with van der Waals surface area (Å²) in [5.74, 6) is -0.621. The summed E-state index contributed by atoms with van der Waals surface area (Å²) in [5, 5.41) is 0. The second-order valence-electron chi connectivity index (χ2n) is 7.20. The molecular weight excluding hydrogens is 396 g/mol. The molecule has 0 heterocycles. The number of esters is 1. The van der Waals surface area contributed by atoms with Crippen LogP contribution in [0.25, 0.3) is 0 Å². The van der Waals surface area contributed by atoms with Crippen LogP contribution in [0.3, 0.4) is 0 Å². The maximum absolute atomic E-state index is 12.2. The zero-order valence-corrected chi connectivity index (χ0v) is 18.9. The highest BCUT2D eigenvalue weighted by Crippen LogP contribution is 2.07. The molecule has 0 fully saturated rings. The van der Waals surface area contributed by atoms with Gasteiger partial charge < -0.3 is 9.64 Å². The molecule has 0 saturated heterocycles. The Morgan fingerprint density at radius 1 is 0.806 bits per heavy atom. The van der Waals surface area contributed by atoms with E-state index in [4.69, 9.17) is 0 Å². The number of ether oxygens (including phenoxy) is 1. The maximum atomic E-state index is 12.2. The van der Waals surface area contributed by atoms with Crippen LogP contribution in [0.2, 0.25) is 0 Å². The van der Waals surface area contributed by atoms with Crippen LogP contribution < -0.4 is 0 Å². The van der Waals surface area contributed by atoms with E-state index in [1.807, 2.05) is 40.1 Å².